The van der Waals surface area contributed by atoms with E-state index in [-0.39, 0.29) is 5.75 Å². The van der Waals surface area contributed by atoms with Gasteiger partial charge in [-0.15, -0.1) is 11.8 Å². The predicted octanol–water partition coefficient (Wildman–Crippen LogP) is 4.26. The minimum absolute atomic E-state index is 0.00987. The normalized spacial score (nSPS) is 13.7. The van der Waals surface area contributed by atoms with Crippen LogP contribution in [0, 0.1) is 17.5 Å². The van der Waals surface area contributed by atoms with Gasteiger partial charge in [0.1, 0.15) is 0 Å². The highest BCUT2D eigenvalue weighted by atomic mass is 32.2. The molecule has 2 aromatic carbocycles. The number of anilines is 1. The summed E-state index contributed by atoms with van der Waals surface area (Å²) in [6.45, 7) is 1.31. The third-order valence-corrected chi connectivity index (χ3v) is 5.36. The van der Waals surface area contributed by atoms with Gasteiger partial charge in [-0.1, -0.05) is 6.07 Å². The number of benzene rings is 2. The van der Waals surface area contributed by atoms with Crippen LogP contribution in [-0.2, 0) is 27.2 Å². The number of amides is 1. The first kappa shape index (κ1) is 20.3. The molecule has 0 radical (unpaired) electrons. The number of carbonyl (C=O) groups is 2. The van der Waals surface area contributed by atoms with Gasteiger partial charge >= 0.3 is 5.97 Å². The molecule has 148 valence electrons. The Kier molecular flexibility index (Phi) is 6.28. The summed E-state index contributed by atoms with van der Waals surface area (Å²) in [5.74, 6) is -6.01. The topological polar surface area (TPSA) is 55.4 Å². The fourth-order valence-corrected chi connectivity index (χ4v) is 3.66. The molecule has 1 aliphatic rings. The Balaban J connectivity index is 1.51. The minimum Gasteiger partial charge on any atom is -0.452 e. The molecule has 0 aromatic heterocycles. The van der Waals surface area contributed by atoms with Crippen LogP contribution >= 0.6 is 11.8 Å². The number of hydrogen-bond donors (Lipinski definition) is 1. The lowest BCUT2D eigenvalue weighted by Crippen LogP contribution is -2.31. The molecule has 0 heterocycles. The molecule has 0 unspecified atom stereocenters. The molecule has 0 saturated heterocycles. The second kappa shape index (κ2) is 8.68. The molecule has 1 atom stereocenters. The first-order valence-corrected chi connectivity index (χ1v) is 9.72. The van der Waals surface area contributed by atoms with E-state index in [9.17, 15) is 22.8 Å². The zero-order chi connectivity index (χ0) is 20.3. The lowest BCUT2D eigenvalue weighted by molar-refractivity contribution is -0.150. The number of rotatable bonds is 6. The van der Waals surface area contributed by atoms with Crippen LogP contribution in [0.2, 0.25) is 0 Å². The second-order valence-corrected chi connectivity index (χ2v) is 7.47. The molecule has 2 aromatic rings. The van der Waals surface area contributed by atoms with Gasteiger partial charge in [0.25, 0.3) is 5.91 Å². The Hall–Kier alpha value is -2.48. The van der Waals surface area contributed by atoms with Crippen molar-refractivity contribution in [2.75, 3.05) is 11.1 Å². The number of halogens is 3. The van der Waals surface area contributed by atoms with Gasteiger partial charge in [-0.2, -0.15) is 0 Å². The van der Waals surface area contributed by atoms with Crippen molar-refractivity contribution in [2.24, 2.45) is 0 Å². The van der Waals surface area contributed by atoms with Crippen molar-refractivity contribution in [3.8, 4) is 0 Å². The maximum atomic E-state index is 13.6. The summed E-state index contributed by atoms with van der Waals surface area (Å²) in [5, 5.41) is 2.08. The molecular weight excluding hydrogens is 391 g/mol. The highest BCUT2D eigenvalue weighted by Crippen LogP contribution is 2.27. The SMILES string of the molecule is C[C@@H](OC(=O)CSc1ccc2c(c1)CCC2)C(=O)Nc1ccc(F)c(F)c1F. The van der Waals surface area contributed by atoms with Gasteiger partial charge < -0.3 is 10.1 Å². The van der Waals surface area contributed by atoms with E-state index in [2.05, 4.69) is 17.4 Å². The van der Waals surface area contributed by atoms with Crippen LogP contribution in [0.3, 0.4) is 0 Å². The molecule has 1 amide bonds. The van der Waals surface area contributed by atoms with E-state index < -0.39 is 41.1 Å². The maximum Gasteiger partial charge on any atom is 0.317 e. The fraction of sp³-hybridized carbons (Fsp3) is 0.300. The summed E-state index contributed by atoms with van der Waals surface area (Å²) in [6, 6.07) is 7.65. The number of fused-ring (bicyclic) bond motifs is 1. The van der Waals surface area contributed by atoms with Gasteiger partial charge in [0.15, 0.2) is 23.6 Å². The molecule has 1 N–H and O–H groups in total. The van der Waals surface area contributed by atoms with E-state index in [1.807, 2.05) is 6.07 Å². The van der Waals surface area contributed by atoms with Crippen molar-refractivity contribution >= 4 is 29.3 Å². The highest BCUT2D eigenvalue weighted by Gasteiger charge is 2.21. The first-order valence-electron chi connectivity index (χ1n) is 8.73. The Labute approximate surface area is 164 Å². The molecule has 8 heteroatoms. The number of thioether (sulfide) groups is 1. The van der Waals surface area contributed by atoms with Gasteiger partial charge in [-0.05, 0) is 61.6 Å². The van der Waals surface area contributed by atoms with E-state index >= 15 is 0 Å². The predicted molar refractivity (Wildman–Crippen MR) is 99.7 cm³/mol. The molecule has 1 aliphatic carbocycles. The summed E-state index contributed by atoms with van der Waals surface area (Å²) in [6.07, 6.45) is 2.02. The number of carbonyl (C=O) groups excluding carboxylic acids is 2. The lowest BCUT2D eigenvalue weighted by atomic mass is 10.1. The molecule has 0 aliphatic heterocycles. The smallest absolute Gasteiger partial charge is 0.317 e. The largest absolute Gasteiger partial charge is 0.452 e. The first-order chi connectivity index (χ1) is 13.3. The quantitative estimate of drug-likeness (QED) is 0.440. The summed E-state index contributed by atoms with van der Waals surface area (Å²) in [7, 11) is 0. The summed E-state index contributed by atoms with van der Waals surface area (Å²) >= 11 is 1.30. The molecule has 4 nitrogen and oxygen atoms in total. The fourth-order valence-electron chi connectivity index (χ4n) is 2.92. The van der Waals surface area contributed by atoms with Crippen LogP contribution in [-0.4, -0.2) is 23.7 Å². The number of nitrogens with one attached hydrogen (secondary N) is 1. The summed E-state index contributed by atoms with van der Waals surface area (Å²) in [5.41, 5.74) is 2.10. The standard InChI is InChI=1S/C20H18F3NO3S/c1-11(20(26)24-16-8-7-15(21)18(22)19(16)23)27-17(25)10-28-14-6-5-12-3-2-4-13(12)9-14/h5-9,11H,2-4,10H2,1H3,(H,24,26)/t11-/m1/s1. The van der Waals surface area contributed by atoms with Crippen molar-refractivity contribution in [3.05, 3.63) is 58.9 Å². The molecule has 0 saturated carbocycles. The van der Waals surface area contributed by atoms with Crippen molar-refractivity contribution in [3.63, 3.8) is 0 Å². The lowest BCUT2D eigenvalue weighted by Gasteiger charge is -2.14. The van der Waals surface area contributed by atoms with Crippen LogP contribution in [0.25, 0.3) is 0 Å². The Bertz CT molecular complexity index is 920. The molecule has 0 spiro atoms. The van der Waals surface area contributed by atoms with E-state index in [1.165, 1.54) is 29.8 Å². The molecule has 0 fully saturated rings. The third kappa shape index (κ3) is 4.67. The highest BCUT2D eigenvalue weighted by molar-refractivity contribution is 8.00. The summed E-state index contributed by atoms with van der Waals surface area (Å²) in [4.78, 5) is 24.9. The van der Waals surface area contributed by atoms with Crippen molar-refractivity contribution in [1.82, 2.24) is 0 Å². The van der Waals surface area contributed by atoms with Crippen molar-refractivity contribution in [2.45, 2.75) is 37.2 Å². The van der Waals surface area contributed by atoms with Crippen LogP contribution in [0.1, 0.15) is 24.5 Å². The number of ether oxygens (including phenoxy) is 1. The van der Waals surface area contributed by atoms with Crippen molar-refractivity contribution in [1.29, 1.82) is 0 Å². The van der Waals surface area contributed by atoms with Crippen LogP contribution in [0.5, 0.6) is 0 Å². The van der Waals surface area contributed by atoms with Crippen LogP contribution < -0.4 is 5.32 Å². The number of hydrogen-bond acceptors (Lipinski definition) is 4. The van der Waals surface area contributed by atoms with E-state index in [4.69, 9.17) is 4.74 Å². The van der Waals surface area contributed by atoms with Gasteiger partial charge in [0.2, 0.25) is 0 Å². The molecule has 3 rings (SSSR count). The van der Waals surface area contributed by atoms with Crippen LogP contribution in [0.4, 0.5) is 18.9 Å². The average molecular weight is 409 g/mol. The Morgan fingerprint density at radius 3 is 2.64 bits per heavy atom. The van der Waals surface area contributed by atoms with Gasteiger partial charge in [0.05, 0.1) is 11.4 Å². The van der Waals surface area contributed by atoms with E-state index in [1.54, 1.807) is 0 Å². The Morgan fingerprint density at radius 1 is 1.11 bits per heavy atom. The molecule has 0 bridgehead atoms. The summed E-state index contributed by atoms with van der Waals surface area (Å²) < 4.78 is 44.8. The minimum atomic E-state index is -1.69. The molecule has 28 heavy (non-hydrogen) atoms. The van der Waals surface area contributed by atoms with E-state index in [0.29, 0.717) is 6.07 Å². The third-order valence-electron chi connectivity index (χ3n) is 4.40. The monoisotopic (exact) mass is 409 g/mol. The zero-order valence-corrected chi connectivity index (χ0v) is 15.9. The van der Waals surface area contributed by atoms with Gasteiger partial charge in [0, 0.05) is 4.90 Å². The molecular formula is C20H18F3NO3S. The van der Waals surface area contributed by atoms with Gasteiger partial charge in [-0.3, -0.25) is 9.59 Å². The second-order valence-electron chi connectivity index (χ2n) is 6.42. The van der Waals surface area contributed by atoms with E-state index in [0.717, 1.165) is 30.2 Å². The van der Waals surface area contributed by atoms with Crippen LogP contribution in [0.15, 0.2) is 35.2 Å². The van der Waals surface area contributed by atoms with Crippen molar-refractivity contribution < 1.29 is 27.5 Å². The Morgan fingerprint density at radius 2 is 1.86 bits per heavy atom. The zero-order valence-electron chi connectivity index (χ0n) is 15.1. The number of esters is 1. The maximum absolute atomic E-state index is 13.6. The average Bonchev–Trinajstić information content (AvgIpc) is 3.14. The van der Waals surface area contributed by atoms with Gasteiger partial charge in [-0.25, -0.2) is 13.2 Å². The number of aryl methyl sites for hydroxylation is 2.